The monoisotopic (exact) mass is 370 g/mol. The van der Waals surface area contributed by atoms with Gasteiger partial charge in [0, 0.05) is 11.5 Å². The molecule has 142 valence electrons. The van der Waals surface area contributed by atoms with Crippen LogP contribution < -0.4 is 9.47 Å². The Morgan fingerprint density at radius 3 is 2.63 bits per heavy atom. The van der Waals surface area contributed by atoms with Gasteiger partial charge < -0.3 is 18.6 Å². The third-order valence-electron chi connectivity index (χ3n) is 4.68. The molecule has 6 nitrogen and oxygen atoms in total. The molecular formula is C21H22O6. The SMILES string of the molecule is CCOC(=O)[C@H]1C(=O)C=C(c2ccco2)C[C@H]1c1cccc(OC)c1OC. The smallest absolute Gasteiger partial charge is 0.317 e. The molecule has 1 aliphatic carbocycles. The van der Waals surface area contributed by atoms with Gasteiger partial charge in [-0.1, -0.05) is 12.1 Å². The first-order valence-electron chi connectivity index (χ1n) is 8.76. The van der Waals surface area contributed by atoms with E-state index in [0.717, 1.165) is 11.1 Å². The summed E-state index contributed by atoms with van der Waals surface area (Å²) in [6.45, 7) is 1.93. The molecule has 0 N–H and O–H groups in total. The molecular weight excluding hydrogens is 348 g/mol. The first-order chi connectivity index (χ1) is 13.1. The van der Waals surface area contributed by atoms with Crippen LogP contribution in [0.5, 0.6) is 11.5 Å². The number of benzene rings is 1. The molecule has 0 bridgehead atoms. The van der Waals surface area contributed by atoms with Gasteiger partial charge in [-0.05, 0) is 43.2 Å². The molecule has 0 amide bonds. The van der Waals surface area contributed by atoms with Gasteiger partial charge in [0.1, 0.15) is 11.7 Å². The Labute approximate surface area is 157 Å². The van der Waals surface area contributed by atoms with Gasteiger partial charge in [-0.15, -0.1) is 0 Å². The minimum absolute atomic E-state index is 0.208. The van der Waals surface area contributed by atoms with E-state index in [4.69, 9.17) is 18.6 Å². The lowest BCUT2D eigenvalue weighted by Gasteiger charge is -2.30. The van der Waals surface area contributed by atoms with Gasteiger partial charge in [0.05, 0.1) is 27.1 Å². The second-order valence-electron chi connectivity index (χ2n) is 6.17. The van der Waals surface area contributed by atoms with Crippen LogP contribution in [-0.4, -0.2) is 32.6 Å². The number of rotatable bonds is 6. The summed E-state index contributed by atoms with van der Waals surface area (Å²) in [6.07, 6.45) is 3.47. The van der Waals surface area contributed by atoms with Crippen molar-refractivity contribution in [2.24, 2.45) is 5.92 Å². The summed E-state index contributed by atoms with van der Waals surface area (Å²) in [6, 6.07) is 8.99. The molecule has 2 aromatic rings. The molecule has 3 rings (SSSR count). The quantitative estimate of drug-likeness (QED) is 0.571. The summed E-state index contributed by atoms with van der Waals surface area (Å²) in [5.74, 6) is -0.575. The van der Waals surface area contributed by atoms with E-state index in [1.54, 1.807) is 38.5 Å². The molecule has 0 spiro atoms. The zero-order valence-electron chi connectivity index (χ0n) is 15.6. The summed E-state index contributed by atoms with van der Waals surface area (Å²) in [7, 11) is 3.08. The standard InChI is InChI=1S/C21H22O6/c1-4-26-21(23)19-15(14-7-5-8-18(24-2)20(14)25-3)11-13(12-16(19)22)17-9-6-10-27-17/h5-10,12,15,19H,4,11H2,1-3H3/t15-,19+/m0/s1. The van der Waals surface area contributed by atoms with E-state index in [2.05, 4.69) is 0 Å². The second-order valence-corrected chi connectivity index (χ2v) is 6.17. The summed E-state index contributed by atoms with van der Waals surface area (Å²) in [4.78, 5) is 25.4. The highest BCUT2D eigenvalue weighted by Gasteiger charge is 2.41. The first-order valence-corrected chi connectivity index (χ1v) is 8.76. The van der Waals surface area contributed by atoms with Gasteiger partial charge in [-0.2, -0.15) is 0 Å². The molecule has 0 aliphatic heterocycles. The molecule has 27 heavy (non-hydrogen) atoms. The Hall–Kier alpha value is -3.02. The number of esters is 1. The van der Waals surface area contributed by atoms with Gasteiger partial charge in [-0.3, -0.25) is 9.59 Å². The number of allylic oxidation sites excluding steroid dienone is 2. The Morgan fingerprint density at radius 1 is 1.19 bits per heavy atom. The van der Waals surface area contributed by atoms with Crippen molar-refractivity contribution in [2.75, 3.05) is 20.8 Å². The second kappa shape index (κ2) is 8.12. The Balaban J connectivity index is 2.10. The van der Waals surface area contributed by atoms with Crippen molar-refractivity contribution in [3.8, 4) is 11.5 Å². The third-order valence-corrected chi connectivity index (χ3v) is 4.68. The Bertz CT molecular complexity index is 850. The van der Waals surface area contributed by atoms with Gasteiger partial charge in [-0.25, -0.2) is 0 Å². The van der Waals surface area contributed by atoms with Crippen LogP contribution in [0, 0.1) is 5.92 Å². The lowest BCUT2D eigenvalue weighted by atomic mass is 9.74. The largest absolute Gasteiger partial charge is 0.493 e. The number of methoxy groups -OCH3 is 2. The zero-order chi connectivity index (χ0) is 19.4. The van der Waals surface area contributed by atoms with Crippen molar-refractivity contribution in [2.45, 2.75) is 19.3 Å². The molecule has 0 saturated carbocycles. The number of hydrogen-bond acceptors (Lipinski definition) is 6. The fourth-order valence-electron chi connectivity index (χ4n) is 3.51. The van der Waals surface area contributed by atoms with E-state index in [1.165, 1.54) is 13.2 Å². The van der Waals surface area contributed by atoms with Gasteiger partial charge in [0.15, 0.2) is 17.3 Å². The van der Waals surface area contributed by atoms with Crippen LogP contribution in [0.3, 0.4) is 0 Å². The van der Waals surface area contributed by atoms with Gasteiger partial charge >= 0.3 is 5.97 Å². The number of furan rings is 1. The number of carbonyl (C=O) groups excluding carboxylic acids is 2. The average molecular weight is 370 g/mol. The van der Waals surface area contributed by atoms with Crippen molar-refractivity contribution in [3.05, 3.63) is 54.0 Å². The van der Waals surface area contributed by atoms with Crippen molar-refractivity contribution in [3.63, 3.8) is 0 Å². The first kappa shape index (κ1) is 18.8. The van der Waals surface area contributed by atoms with Crippen LogP contribution >= 0.6 is 0 Å². The van der Waals surface area contributed by atoms with E-state index in [9.17, 15) is 9.59 Å². The fourth-order valence-corrected chi connectivity index (χ4v) is 3.51. The van der Waals surface area contributed by atoms with Gasteiger partial charge in [0.2, 0.25) is 0 Å². The van der Waals surface area contributed by atoms with Crippen LogP contribution in [0.2, 0.25) is 0 Å². The molecule has 1 aromatic heterocycles. The molecule has 6 heteroatoms. The number of hydrogen-bond donors (Lipinski definition) is 0. The lowest BCUT2D eigenvalue weighted by Crippen LogP contribution is -2.34. The highest BCUT2D eigenvalue weighted by atomic mass is 16.5. The van der Waals surface area contributed by atoms with E-state index < -0.39 is 17.8 Å². The highest BCUT2D eigenvalue weighted by Crippen LogP contribution is 2.45. The summed E-state index contributed by atoms with van der Waals surface area (Å²) >= 11 is 0. The third kappa shape index (κ3) is 3.60. The molecule has 0 fully saturated rings. The van der Waals surface area contributed by atoms with Gasteiger partial charge in [0.25, 0.3) is 0 Å². The Morgan fingerprint density at radius 2 is 2.00 bits per heavy atom. The van der Waals surface area contributed by atoms with Crippen molar-refractivity contribution >= 4 is 17.3 Å². The predicted molar refractivity (Wildman–Crippen MR) is 98.7 cm³/mol. The molecule has 0 saturated heterocycles. The minimum atomic E-state index is -0.940. The molecule has 2 atom stereocenters. The summed E-state index contributed by atoms with van der Waals surface area (Å²) < 4.78 is 21.5. The van der Waals surface area contributed by atoms with Crippen molar-refractivity contribution < 1.29 is 28.2 Å². The fraction of sp³-hybridized carbons (Fsp3) is 0.333. The van der Waals surface area contributed by atoms with Crippen LogP contribution in [-0.2, 0) is 14.3 Å². The average Bonchev–Trinajstić information content (AvgIpc) is 3.21. The molecule has 0 unspecified atom stereocenters. The number of para-hydroxylation sites is 1. The van der Waals surface area contributed by atoms with E-state index >= 15 is 0 Å². The summed E-state index contributed by atoms with van der Waals surface area (Å²) in [5, 5.41) is 0. The molecule has 1 aliphatic rings. The van der Waals surface area contributed by atoms with E-state index in [0.29, 0.717) is 23.7 Å². The minimum Gasteiger partial charge on any atom is -0.493 e. The number of carbonyl (C=O) groups is 2. The molecule has 1 aromatic carbocycles. The van der Waals surface area contributed by atoms with Crippen LogP contribution in [0.15, 0.2) is 47.1 Å². The zero-order valence-corrected chi connectivity index (χ0v) is 15.6. The highest BCUT2D eigenvalue weighted by molar-refractivity contribution is 6.10. The van der Waals surface area contributed by atoms with Crippen molar-refractivity contribution in [1.29, 1.82) is 0 Å². The number of ketones is 1. The maximum absolute atomic E-state index is 12.9. The normalized spacial score (nSPS) is 19.4. The van der Waals surface area contributed by atoms with Crippen molar-refractivity contribution in [1.82, 2.24) is 0 Å². The van der Waals surface area contributed by atoms with Crippen LogP contribution in [0.25, 0.3) is 5.57 Å². The topological polar surface area (TPSA) is 75.0 Å². The molecule has 0 radical (unpaired) electrons. The summed E-state index contributed by atoms with van der Waals surface area (Å²) in [5.41, 5.74) is 1.46. The van der Waals surface area contributed by atoms with E-state index in [-0.39, 0.29) is 12.4 Å². The lowest BCUT2D eigenvalue weighted by molar-refractivity contribution is -0.151. The van der Waals surface area contributed by atoms with E-state index in [1.807, 2.05) is 12.1 Å². The number of ether oxygens (including phenoxy) is 3. The Kier molecular flexibility index (Phi) is 5.64. The molecule has 1 heterocycles. The maximum atomic E-state index is 12.9. The maximum Gasteiger partial charge on any atom is 0.317 e. The van der Waals surface area contributed by atoms with Crippen LogP contribution in [0.1, 0.15) is 30.6 Å². The van der Waals surface area contributed by atoms with Crippen LogP contribution in [0.4, 0.5) is 0 Å². The predicted octanol–water partition coefficient (Wildman–Crippen LogP) is 3.62.